The van der Waals surface area contributed by atoms with Gasteiger partial charge in [-0.05, 0) is 13.3 Å². The van der Waals surface area contributed by atoms with Crippen molar-refractivity contribution in [2.45, 2.75) is 64.5 Å². The summed E-state index contributed by atoms with van der Waals surface area (Å²) in [5.41, 5.74) is 0.650. The summed E-state index contributed by atoms with van der Waals surface area (Å²) in [4.78, 5) is 16.4. The highest BCUT2D eigenvalue weighted by molar-refractivity contribution is 5.70. The third-order valence-corrected chi connectivity index (χ3v) is 5.15. The predicted octanol–water partition coefficient (Wildman–Crippen LogP) is 3.35. The van der Waals surface area contributed by atoms with Crippen molar-refractivity contribution in [3.8, 4) is 0 Å². The minimum atomic E-state index is -0.268. The van der Waals surface area contributed by atoms with Crippen LogP contribution in [-0.4, -0.2) is 52.8 Å². The fourth-order valence-corrected chi connectivity index (χ4v) is 3.68. The number of aromatic nitrogens is 1. The minimum absolute atomic E-state index is 0.120. The standard InChI is InChI=1S/C18H29N3O3/c1-3-4-5-6-9-21-14-18(23-17(21)22)7-10-20(11-8-18)13-16-12-15(2)19-24-16/h12H,3-11,13-14H2,1-2H3. The zero-order valence-electron chi connectivity index (χ0n) is 14.9. The van der Waals surface area contributed by atoms with Crippen LogP contribution in [-0.2, 0) is 11.3 Å². The van der Waals surface area contributed by atoms with Crippen LogP contribution >= 0.6 is 0 Å². The molecular formula is C18H29N3O3. The highest BCUT2D eigenvalue weighted by Gasteiger charge is 2.46. The van der Waals surface area contributed by atoms with E-state index in [1.54, 1.807) is 0 Å². The van der Waals surface area contributed by atoms with Crippen molar-refractivity contribution in [1.82, 2.24) is 15.0 Å². The highest BCUT2D eigenvalue weighted by Crippen LogP contribution is 2.33. The van der Waals surface area contributed by atoms with Crippen molar-refractivity contribution in [2.24, 2.45) is 0 Å². The van der Waals surface area contributed by atoms with E-state index in [-0.39, 0.29) is 11.7 Å². The maximum absolute atomic E-state index is 12.2. The first-order chi connectivity index (χ1) is 11.6. The van der Waals surface area contributed by atoms with Gasteiger partial charge in [0.2, 0.25) is 0 Å². The number of hydrogen-bond donors (Lipinski definition) is 0. The predicted molar refractivity (Wildman–Crippen MR) is 90.7 cm³/mol. The van der Waals surface area contributed by atoms with E-state index < -0.39 is 0 Å². The van der Waals surface area contributed by atoms with Gasteiger partial charge in [-0.15, -0.1) is 0 Å². The summed E-state index contributed by atoms with van der Waals surface area (Å²) in [6.07, 6.45) is 6.41. The first-order valence-corrected chi connectivity index (χ1v) is 9.23. The molecule has 1 aromatic heterocycles. The van der Waals surface area contributed by atoms with Gasteiger partial charge in [-0.25, -0.2) is 4.79 Å². The Morgan fingerprint density at radius 2 is 2.04 bits per heavy atom. The van der Waals surface area contributed by atoms with Crippen LogP contribution in [0.1, 0.15) is 56.9 Å². The van der Waals surface area contributed by atoms with Crippen molar-refractivity contribution in [3.63, 3.8) is 0 Å². The summed E-state index contributed by atoms with van der Waals surface area (Å²) < 4.78 is 11.1. The van der Waals surface area contributed by atoms with E-state index in [1.165, 1.54) is 19.3 Å². The van der Waals surface area contributed by atoms with Crippen LogP contribution < -0.4 is 0 Å². The van der Waals surface area contributed by atoms with Gasteiger partial charge in [-0.1, -0.05) is 31.3 Å². The average Bonchev–Trinajstić information content (AvgIpc) is 3.10. The molecule has 3 heterocycles. The Labute approximate surface area is 144 Å². The summed E-state index contributed by atoms with van der Waals surface area (Å²) in [6, 6.07) is 1.98. The Bertz CT molecular complexity index is 549. The monoisotopic (exact) mass is 335 g/mol. The van der Waals surface area contributed by atoms with E-state index in [1.807, 2.05) is 17.9 Å². The summed E-state index contributed by atoms with van der Waals surface area (Å²) in [5.74, 6) is 0.907. The number of unbranched alkanes of at least 4 members (excludes halogenated alkanes) is 3. The first-order valence-electron chi connectivity index (χ1n) is 9.23. The minimum Gasteiger partial charge on any atom is -0.441 e. The molecule has 2 aliphatic heterocycles. The largest absolute Gasteiger partial charge is 0.441 e. The van der Waals surface area contributed by atoms with E-state index in [0.29, 0.717) is 0 Å². The van der Waals surface area contributed by atoms with Gasteiger partial charge in [0.25, 0.3) is 0 Å². The number of carbonyl (C=O) groups excluding carboxylic acids is 1. The number of ether oxygens (including phenoxy) is 1. The molecule has 1 aromatic rings. The SMILES string of the molecule is CCCCCCN1CC2(CCN(Cc3cc(C)no3)CC2)OC1=O. The second-order valence-corrected chi connectivity index (χ2v) is 7.24. The molecule has 6 heteroatoms. The molecule has 3 rings (SSSR count). The number of rotatable bonds is 7. The number of hydrogen-bond acceptors (Lipinski definition) is 5. The zero-order chi connectivity index (χ0) is 17.0. The molecule has 0 atom stereocenters. The molecule has 0 unspecified atom stereocenters. The second-order valence-electron chi connectivity index (χ2n) is 7.24. The normalized spacial score (nSPS) is 20.8. The van der Waals surface area contributed by atoms with Gasteiger partial charge in [-0.2, -0.15) is 0 Å². The number of carbonyl (C=O) groups is 1. The summed E-state index contributed by atoms with van der Waals surface area (Å²) in [6.45, 7) is 8.37. The number of aryl methyl sites for hydroxylation is 1. The zero-order valence-corrected chi connectivity index (χ0v) is 14.9. The summed E-state index contributed by atoms with van der Waals surface area (Å²) in [7, 11) is 0. The van der Waals surface area contributed by atoms with E-state index in [9.17, 15) is 4.79 Å². The molecule has 6 nitrogen and oxygen atoms in total. The number of amides is 1. The molecule has 0 saturated carbocycles. The van der Waals surface area contributed by atoms with Crippen molar-refractivity contribution in [1.29, 1.82) is 0 Å². The van der Waals surface area contributed by atoms with Crippen molar-refractivity contribution in [2.75, 3.05) is 26.2 Å². The van der Waals surface area contributed by atoms with Gasteiger partial charge in [0, 0.05) is 38.5 Å². The molecule has 2 aliphatic rings. The molecule has 0 radical (unpaired) electrons. The third-order valence-electron chi connectivity index (χ3n) is 5.15. The fourth-order valence-electron chi connectivity index (χ4n) is 3.68. The van der Waals surface area contributed by atoms with Crippen LogP contribution in [0.15, 0.2) is 10.6 Å². The Kier molecular flexibility index (Phi) is 5.43. The maximum Gasteiger partial charge on any atom is 0.410 e. The topological polar surface area (TPSA) is 58.8 Å². The molecule has 0 aromatic carbocycles. The Hall–Kier alpha value is -1.56. The maximum atomic E-state index is 12.2. The lowest BCUT2D eigenvalue weighted by atomic mass is 9.91. The van der Waals surface area contributed by atoms with Crippen LogP contribution in [0.3, 0.4) is 0 Å². The Morgan fingerprint density at radius 3 is 2.71 bits per heavy atom. The molecule has 1 amide bonds. The number of likely N-dealkylation sites (tertiary alicyclic amines) is 1. The lowest BCUT2D eigenvalue weighted by Crippen LogP contribution is -2.46. The van der Waals surface area contributed by atoms with Crippen LogP contribution in [0.25, 0.3) is 0 Å². The van der Waals surface area contributed by atoms with Crippen molar-refractivity contribution in [3.05, 3.63) is 17.5 Å². The lowest BCUT2D eigenvalue weighted by molar-refractivity contribution is -0.00296. The second kappa shape index (κ2) is 7.55. The highest BCUT2D eigenvalue weighted by atomic mass is 16.6. The van der Waals surface area contributed by atoms with E-state index in [4.69, 9.17) is 9.26 Å². The van der Waals surface area contributed by atoms with Crippen LogP contribution in [0.5, 0.6) is 0 Å². The van der Waals surface area contributed by atoms with Gasteiger partial charge in [0.1, 0.15) is 5.60 Å². The first kappa shape index (κ1) is 17.3. The van der Waals surface area contributed by atoms with E-state index >= 15 is 0 Å². The van der Waals surface area contributed by atoms with Crippen LogP contribution in [0.2, 0.25) is 0 Å². The lowest BCUT2D eigenvalue weighted by Gasteiger charge is -2.36. The fraction of sp³-hybridized carbons (Fsp3) is 0.778. The molecule has 0 N–H and O–H groups in total. The van der Waals surface area contributed by atoms with Gasteiger partial charge in [0.15, 0.2) is 5.76 Å². The summed E-state index contributed by atoms with van der Waals surface area (Å²) >= 11 is 0. The molecule has 1 spiro atoms. The molecule has 2 fully saturated rings. The third kappa shape index (κ3) is 4.09. The van der Waals surface area contributed by atoms with Crippen molar-refractivity contribution >= 4 is 6.09 Å². The van der Waals surface area contributed by atoms with Gasteiger partial charge >= 0.3 is 6.09 Å². The van der Waals surface area contributed by atoms with Gasteiger partial charge in [-0.3, -0.25) is 4.90 Å². The molecule has 2 saturated heterocycles. The van der Waals surface area contributed by atoms with Gasteiger partial charge < -0.3 is 14.2 Å². The van der Waals surface area contributed by atoms with Crippen molar-refractivity contribution < 1.29 is 14.1 Å². The Morgan fingerprint density at radius 1 is 1.25 bits per heavy atom. The molecular weight excluding hydrogens is 306 g/mol. The van der Waals surface area contributed by atoms with E-state index in [2.05, 4.69) is 17.0 Å². The molecule has 24 heavy (non-hydrogen) atoms. The van der Waals surface area contributed by atoms with Crippen LogP contribution in [0, 0.1) is 6.92 Å². The number of piperidine rings is 1. The Balaban J connectivity index is 1.46. The molecule has 134 valence electrons. The molecule has 0 aliphatic carbocycles. The van der Waals surface area contributed by atoms with Gasteiger partial charge in [0.05, 0.1) is 18.8 Å². The van der Waals surface area contributed by atoms with Crippen LogP contribution in [0.4, 0.5) is 4.79 Å². The summed E-state index contributed by atoms with van der Waals surface area (Å²) in [5, 5.41) is 3.94. The smallest absolute Gasteiger partial charge is 0.410 e. The average molecular weight is 335 g/mol. The molecule has 0 bridgehead atoms. The van der Waals surface area contributed by atoms with E-state index in [0.717, 1.165) is 63.4 Å². The quantitative estimate of drug-likeness (QED) is 0.715. The number of nitrogens with zero attached hydrogens (tertiary/aromatic N) is 3.